The third kappa shape index (κ3) is 2.63. The molecule has 1 aromatic rings. The van der Waals surface area contributed by atoms with Crippen molar-refractivity contribution >= 4 is 0 Å². The zero-order valence-electron chi connectivity index (χ0n) is 8.99. The van der Waals surface area contributed by atoms with Gasteiger partial charge >= 0.3 is 0 Å². The number of methoxy groups -OCH3 is 1. The predicted octanol–water partition coefficient (Wildman–Crippen LogP) is 3.76. The van der Waals surface area contributed by atoms with E-state index in [2.05, 4.69) is 25.6 Å². The van der Waals surface area contributed by atoms with Crippen LogP contribution in [0.5, 0.6) is 5.75 Å². The van der Waals surface area contributed by atoms with Crippen molar-refractivity contribution in [3.05, 3.63) is 42.5 Å². The first-order valence-corrected chi connectivity index (χ1v) is 5.08. The normalized spacial score (nSPS) is 12.1. The minimum Gasteiger partial charge on any atom is -0.497 e. The molecule has 0 aromatic heterocycles. The van der Waals surface area contributed by atoms with E-state index < -0.39 is 0 Å². The minimum absolute atomic E-state index is 0.478. The molecule has 0 aliphatic carbocycles. The van der Waals surface area contributed by atoms with Crippen LogP contribution in [0, 0.1) is 0 Å². The summed E-state index contributed by atoms with van der Waals surface area (Å²) in [6.07, 6.45) is 4.36. The molecule has 0 N–H and O–H groups in total. The molecule has 0 amide bonds. The van der Waals surface area contributed by atoms with Crippen LogP contribution < -0.4 is 4.74 Å². The summed E-state index contributed by atoms with van der Waals surface area (Å²) in [7, 11) is 1.69. The highest BCUT2D eigenvalue weighted by Gasteiger charge is 2.05. The third-order valence-electron chi connectivity index (χ3n) is 2.43. The lowest BCUT2D eigenvalue weighted by Gasteiger charge is -2.11. The van der Waals surface area contributed by atoms with Crippen molar-refractivity contribution in [2.75, 3.05) is 7.11 Å². The zero-order valence-corrected chi connectivity index (χ0v) is 8.99. The molecule has 0 fully saturated rings. The SMILES string of the molecule is C=CC(CCC)c1ccc(OC)cc1. The van der Waals surface area contributed by atoms with Gasteiger partial charge in [0, 0.05) is 5.92 Å². The van der Waals surface area contributed by atoms with Gasteiger partial charge in [0.2, 0.25) is 0 Å². The van der Waals surface area contributed by atoms with E-state index in [0.29, 0.717) is 5.92 Å². The molecule has 0 aliphatic rings. The van der Waals surface area contributed by atoms with E-state index in [1.54, 1.807) is 7.11 Å². The van der Waals surface area contributed by atoms with Gasteiger partial charge in [-0.15, -0.1) is 6.58 Å². The monoisotopic (exact) mass is 190 g/mol. The van der Waals surface area contributed by atoms with E-state index in [9.17, 15) is 0 Å². The molecule has 0 bridgehead atoms. The second-order valence-corrected chi connectivity index (χ2v) is 3.40. The average molecular weight is 190 g/mol. The number of hydrogen-bond donors (Lipinski definition) is 0. The number of benzene rings is 1. The average Bonchev–Trinajstić information content (AvgIpc) is 2.26. The summed E-state index contributed by atoms with van der Waals surface area (Å²) >= 11 is 0. The smallest absolute Gasteiger partial charge is 0.118 e. The Morgan fingerprint density at radius 3 is 2.43 bits per heavy atom. The van der Waals surface area contributed by atoms with E-state index in [1.165, 1.54) is 12.0 Å². The quantitative estimate of drug-likeness (QED) is 0.642. The van der Waals surface area contributed by atoms with Crippen LogP contribution in [0.1, 0.15) is 31.2 Å². The predicted molar refractivity (Wildman–Crippen MR) is 60.8 cm³/mol. The molecule has 1 unspecified atom stereocenters. The van der Waals surface area contributed by atoms with Gasteiger partial charge in [-0.3, -0.25) is 0 Å². The van der Waals surface area contributed by atoms with Crippen molar-refractivity contribution in [1.29, 1.82) is 0 Å². The Hall–Kier alpha value is -1.24. The van der Waals surface area contributed by atoms with E-state index in [-0.39, 0.29) is 0 Å². The molecule has 0 saturated heterocycles. The van der Waals surface area contributed by atoms with E-state index in [1.807, 2.05) is 18.2 Å². The first-order chi connectivity index (χ1) is 6.81. The van der Waals surface area contributed by atoms with Crippen LogP contribution in [0.25, 0.3) is 0 Å². The summed E-state index contributed by atoms with van der Waals surface area (Å²) in [6, 6.07) is 8.23. The van der Waals surface area contributed by atoms with Gasteiger partial charge < -0.3 is 4.74 Å². The number of allylic oxidation sites excluding steroid dienone is 1. The summed E-state index contributed by atoms with van der Waals surface area (Å²) in [4.78, 5) is 0. The molecule has 1 nitrogen and oxygen atoms in total. The Kier molecular flexibility index (Phi) is 4.24. The van der Waals surface area contributed by atoms with Crippen LogP contribution in [-0.4, -0.2) is 7.11 Å². The molecule has 1 heteroatoms. The third-order valence-corrected chi connectivity index (χ3v) is 2.43. The molecule has 1 rings (SSSR count). The second-order valence-electron chi connectivity index (χ2n) is 3.40. The summed E-state index contributed by atoms with van der Waals surface area (Å²) in [5.74, 6) is 1.39. The molecular weight excluding hydrogens is 172 g/mol. The van der Waals surface area contributed by atoms with Crippen LogP contribution in [0.4, 0.5) is 0 Å². The summed E-state index contributed by atoms with van der Waals surface area (Å²) in [5.41, 5.74) is 1.32. The molecule has 1 aromatic carbocycles. The van der Waals surface area contributed by atoms with Crippen LogP contribution in [0.3, 0.4) is 0 Å². The topological polar surface area (TPSA) is 9.23 Å². The Balaban J connectivity index is 2.78. The van der Waals surface area contributed by atoms with Gasteiger partial charge in [0.1, 0.15) is 5.75 Å². The van der Waals surface area contributed by atoms with Gasteiger partial charge in [-0.25, -0.2) is 0 Å². The summed E-state index contributed by atoms with van der Waals surface area (Å²) < 4.78 is 5.12. The summed E-state index contributed by atoms with van der Waals surface area (Å²) in [6.45, 7) is 6.06. The van der Waals surface area contributed by atoms with Gasteiger partial charge in [0.15, 0.2) is 0 Å². The van der Waals surface area contributed by atoms with Crippen LogP contribution in [0.15, 0.2) is 36.9 Å². The fraction of sp³-hybridized carbons (Fsp3) is 0.385. The first kappa shape index (κ1) is 10.8. The highest BCUT2D eigenvalue weighted by molar-refractivity contribution is 5.31. The minimum atomic E-state index is 0.478. The molecule has 0 aliphatic heterocycles. The van der Waals surface area contributed by atoms with Crippen molar-refractivity contribution in [2.45, 2.75) is 25.7 Å². The molecule has 0 radical (unpaired) electrons. The standard InChI is InChI=1S/C13H18O/c1-4-6-11(5-2)12-7-9-13(14-3)10-8-12/h5,7-11H,2,4,6H2,1,3H3. The molecule has 1 atom stereocenters. The first-order valence-electron chi connectivity index (χ1n) is 5.08. The van der Waals surface area contributed by atoms with Crippen LogP contribution in [-0.2, 0) is 0 Å². The van der Waals surface area contributed by atoms with Gasteiger partial charge in [-0.05, 0) is 24.1 Å². The van der Waals surface area contributed by atoms with Crippen LogP contribution >= 0.6 is 0 Å². The zero-order chi connectivity index (χ0) is 10.4. The van der Waals surface area contributed by atoms with E-state index >= 15 is 0 Å². The second kappa shape index (κ2) is 5.48. The lowest BCUT2D eigenvalue weighted by Crippen LogP contribution is -1.94. The lowest BCUT2D eigenvalue weighted by atomic mass is 9.95. The number of hydrogen-bond acceptors (Lipinski definition) is 1. The Bertz CT molecular complexity index is 274. The number of rotatable bonds is 5. The fourth-order valence-electron chi connectivity index (χ4n) is 1.58. The molecule has 0 saturated carbocycles. The lowest BCUT2D eigenvalue weighted by molar-refractivity contribution is 0.414. The van der Waals surface area contributed by atoms with Crippen LogP contribution in [0.2, 0.25) is 0 Å². The largest absolute Gasteiger partial charge is 0.497 e. The molecule has 76 valence electrons. The Morgan fingerprint density at radius 1 is 1.36 bits per heavy atom. The molecule has 14 heavy (non-hydrogen) atoms. The fourth-order valence-corrected chi connectivity index (χ4v) is 1.58. The molecular formula is C13H18O. The highest BCUT2D eigenvalue weighted by Crippen LogP contribution is 2.24. The van der Waals surface area contributed by atoms with Gasteiger partial charge in [-0.2, -0.15) is 0 Å². The maximum atomic E-state index is 5.12. The van der Waals surface area contributed by atoms with Crippen molar-refractivity contribution in [1.82, 2.24) is 0 Å². The highest BCUT2D eigenvalue weighted by atomic mass is 16.5. The van der Waals surface area contributed by atoms with E-state index in [4.69, 9.17) is 4.74 Å². The molecule has 0 spiro atoms. The van der Waals surface area contributed by atoms with Crippen molar-refractivity contribution in [2.24, 2.45) is 0 Å². The van der Waals surface area contributed by atoms with Crippen molar-refractivity contribution < 1.29 is 4.74 Å². The van der Waals surface area contributed by atoms with Crippen molar-refractivity contribution in [3.8, 4) is 5.75 Å². The van der Waals surface area contributed by atoms with Gasteiger partial charge in [0.25, 0.3) is 0 Å². The Labute approximate surface area is 86.4 Å². The Morgan fingerprint density at radius 2 is 2.00 bits per heavy atom. The van der Waals surface area contributed by atoms with Gasteiger partial charge in [0.05, 0.1) is 7.11 Å². The molecule has 0 heterocycles. The maximum absolute atomic E-state index is 5.12. The maximum Gasteiger partial charge on any atom is 0.118 e. The van der Waals surface area contributed by atoms with E-state index in [0.717, 1.165) is 12.2 Å². The number of ether oxygens (including phenoxy) is 1. The summed E-state index contributed by atoms with van der Waals surface area (Å²) in [5, 5.41) is 0. The van der Waals surface area contributed by atoms with Gasteiger partial charge in [-0.1, -0.05) is 31.6 Å². The van der Waals surface area contributed by atoms with Crippen molar-refractivity contribution in [3.63, 3.8) is 0 Å².